The molecule has 1 unspecified atom stereocenters. The summed E-state index contributed by atoms with van der Waals surface area (Å²) >= 11 is 0. The smallest absolute Gasteiger partial charge is 0.0926 e. The lowest BCUT2D eigenvalue weighted by Crippen LogP contribution is -2.33. The van der Waals surface area contributed by atoms with Gasteiger partial charge in [0.05, 0.1) is 11.2 Å². The van der Waals surface area contributed by atoms with Crippen molar-refractivity contribution in [3.8, 4) is 0 Å². The lowest BCUT2D eigenvalue weighted by atomic mass is 9.92. The van der Waals surface area contributed by atoms with Gasteiger partial charge in [-0.1, -0.05) is 18.2 Å². The first-order valence-electron chi connectivity index (χ1n) is 5.83. The van der Waals surface area contributed by atoms with Gasteiger partial charge in [0.1, 0.15) is 0 Å². The highest BCUT2D eigenvalue weighted by molar-refractivity contribution is 5.83. The first kappa shape index (κ1) is 9.85. The van der Waals surface area contributed by atoms with E-state index in [0.29, 0.717) is 0 Å². The van der Waals surface area contributed by atoms with Gasteiger partial charge in [0, 0.05) is 23.9 Å². The second-order valence-electron chi connectivity index (χ2n) is 4.93. The van der Waals surface area contributed by atoms with Crippen LogP contribution in [0.4, 0.5) is 0 Å². The summed E-state index contributed by atoms with van der Waals surface area (Å²) in [7, 11) is 2.03. The zero-order valence-corrected chi connectivity index (χ0v) is 9.77. The summed E-state index contributed by atoms with van der Waals surface area (Å²) in [6.45, 7) is 2.11. The van der Waals surface area contributed by atoms with Crippen LogP contribution in [0.1, 0.15) is 25.5 Å². The van der Waals surface area contributed by atoms with Crippen molar-refractivity contribution in [2.75, 3.05) is 0 Å². The molecular formula is C13H17N3. The van der Waals surface area contributed by atoms with Gasteiger partial charge in [0.2, 0.25) is 0 Å². The van der Waals surface area contributed by atoms with E-state index in [2.05, 4.69) is 30.2 Å². The molecule has 16 heavy (non-hydrogen) atoms. The molecule has 1 saturated carbocycles. The van der Waals surface area contributed by atoms with Gasteiger partial charge >= 0.3 is 0 Å². The van der Waals surface area contributed by atoms with E-state index in [1.54, 1.807) is 0 Å². The second kappa shape index (κ2) is 3.08. The summed E-state index contributed by atoms with van der Waals surface area (Å²) in [5.74, 6) is 0. The zero-order valence-electron chi connectivity index (χ0n) is 9.77. The van der Waals surface area contributed by atoms with Gasteiger partial charge in [0.25, 0.3) is 0 Å². The summed E-state index contributed by atoms with van der Waals surface area (Å²) in [4.78, 5) is 0. The van der Waals surface area contributed by atoms with Crippen LogP contribution in [-0.2, 0) is 12.5 Å². The van der Waals surface area contributed by atoms with Crippen molar-refractivity contribution >= 4 is 10.9 Å². The Labute approximate surface area is 95.2 Å². The highest BCUT2D eigenvalue weighted by atomic mass is 15.3. The SMILES string of the molecule is CC(N)C1(c2c3ccccc3nn2C)CC1. The van der Waals surface area contributed by atoms with Gasteiger partial charge in [-0.3, -0.25) is 4.68 Å². The molecule has 1 aliphatic carbocycles. The Morgan fingerprint density at radius 3 is 2.69 bits per heavy atom. The van der Waals surface area contributed by atoms with E-state index in [4.69, 9.17) is 5.73 Å². The Kier molecular flexibility index (Phi) is 1.89. The molecule has 84 valence electrons. The molecule has 1 atom stereocenters. The van der Waals surface area contributed by atoms with Crippen LogP contribution in [0.2, 0.25) is 0 Å². The van der Waals surface area contributed by atoms with E-state index in [0.717, 1.165) is 5.52 Å². The number of rotatable bonds is 2. The van der Waals surface area contributed by atoms with Crippen molar-refractivity contribution < 1.29 is 0 Å². The third-order valence-corrected chi connectivity index (χ3v) is 3.87. The van der Waals surface area contributed by atoms with E-state index in [1.807, 2.05) is 17.8 Å². The average molecular weight is 215 g/mol. The van der Waals surface area contributed by atoms with E-state index in [-0.39, 0.29) is 11.5 Å². The van der Waals surface area contributed by atoms with Crippen LogP contribution in [0, 0.1) is 0 Å². The number of nitrogens with zero attached hydrogens (tertiary/aromatic N) is 2. The van der Waals surface area contributed by atoms with Crippen molar-refractivity contribution in [1.82, 2.24) is 9.78 Å². The number of aryl methyl sites for hydroxylation is 1. The number of benzene rings is 1. The lowest BCUT2D eigenvalue weighted by molar-refractivity contribution is 0.514. The molecule has 1 fully saturated rings. The number of aromatic nitrogens is 2. The van der Waals surface area contributed by atoms with Crippen LogP contribution in [0.15, 0.2) is 24.3 Å². The fourth-order valence-corrected chi connectivity index (χ4v) is 2.78. The fourth-order valence-electron chi connectivity index (χ4n) is 2.78. The summed E-state index contributed by atoms with van der Waals surface area (Å²) < 4.78 is 2.01. The van der Waals surface area contributed by atoms with Gasteiger partial charge in [-0.15, -0.1) is 0 Å². The topological polar surface area (TPSA) is 43.8 Å². The molecule has 3 nitrogen and oxygen atoms in total. The molecule has 0 amide bonds. The van der Waals surface area contributed by atoms with Crippen LogP contribution in [0.25, 0.3) is 10.9 Å². The van der Waals surface area contributed by atoms with Crippen molar-refractivity contribution in [1.29, 1.82) is 0 Å². The van der Waals surface area contributed by atoms with Crippen LogP contribution in [0.5, 0.6) is 0 Å². The van der Waals surface area contributed by atoms with E-state index >= 15 is 0 Å². The van der Waals surface area contributed by atoms with Crippen molar-refractivity contribution in [3.63, 3.8) is 0 Å². The summed E-state index contributed by atoms with van der Waals surface area (Å²) in [6, 6.07) is 8.53. The van der Waals surface area contributed by atoms with E-state index in [1.165, 1.54) is 23.9 Å². The van der Waals surface area contributed by atoms with Crippen molar-refractivity contribution in [2.24, 2.45) is 12.8 Å². The summed E-state index contributed by atoms with van der Waals surface area (Å²) in [6.07, 6.45) is 2.38. The molecule has 1 aromatic heterocycles. The van der Waals surface area contributed by atoms with E-state index in [9.17, 15) is 0 Å². The Hall–Kier alpha value is -1.35. The predicted octanol–water partition coefficient (Wildman–Crippen LogP) is 1.95. The largest absolute Gasteiger partial charge is 0.327 e. The number of hydrogen-bond donors (Lipinski definition) is 1. The normalized spacial score (nSPS) is 19.9. The molecule has 0 saturated heterocycles. The summed E-state index contributed by atoms with van der Waals surface area (Å²) in [5, 5.41) is 5.83. The van der Waals surface area contributed by atoms with Gasteiger partial charge in [-0.2, -0.15) is 5.10 Å². The standard InChI is InChI=1S/C13H17N3/c1-9(14)13(7-8-13)12-10-5-3-4-6-11(10)15-16(12)2/h3-6,9H,7-8,14H2,1-2H3. The first-order valence-corrected chi connectivity index (χ1v) is 5.83. The third kappa shape index (κ3) is 1.15. The maximum atomic E-state index is 6.14. The predicted molar refractivity (Wildman–Crippen MR) is 65.3 cm³/mol. The minimum absolute atomic E-state index is 0.171. The van der Waals surface area contributed by atoms with Crippen LogP contribution >= 0.6 is 0 Å². The number of hydrogen-bond acceptors (Lipinski definition) is 2. The highest BCUT2D eigenvalue weighted by Gasteiger charge is 2.50. The molecule has 2 aromatic rings. The lowest BCUT2D eigenvalue weighted by Gasteiger charge is -2.20. The highest BCUT2D eigenvalue weighted by Crippen LogP contribution is 2.51. The maximum absolute atomic E-state index is 6.14. The second-order valence-corrected chi connectivity index (χ2v) is 4.93. The van der Waals surface area contributed by atoms with Gasteiger partial charge < -0.3 is 5.73 Å². The molecule has 0 bridgehead atoms. The number of fused-ring (bicyclic) bond motifs is 1. The van der Waals surface area contributed by atoms with Gasteiger partial charge in [-0.05, 0) is 25.8 Å². The van der Waals surface area contributed by atoms with E-state index < -0.39 is 0 Å². The molecule has 1 aliphatic rings. The fraction of sp³-hybridized carbons (Fsp3) is 0.462. The maximum Gasteiger partial charge on any atom is 0.0926 e. The third-order valence-electron chi connectivity index (χ3n) is 3.87. The Morgan fingerprint density at radius 2 is 2.06 bits per heavy atom. The number of nitrogens with two attached hydrogens (primary N) is 1. The molecule has 3 heteroatoms. The molecule has 1 aromatic carbocycles. The minimum atomic E-state index is 0.171. The van der Waals surface area contributed by atoms with Crippen LogP contribution in [-0.4, -0.2) is 15.8 Å². The average Bonchev–Trinajstić information content (AvgIpc) is 2.97. The van der Waals surface area contributed by atoms with Crippen molar-refractivity contribution in [2.45, 2.75) is 31.2 Å². The Morgan fingerprint density at radius 1 is 1.38 bits per heavy atom. The molecular weight excluding hydrogens is 198 g/mol. The minimum Gasteiger partial charge on any atom is -0.327 e. The quantitative estimate of drug-likeness (QED) is 0.832. The van der Waals surface area contributed by atoms with Crippen LogP contribution in [0.3, 0.4) is 0 Å². The molecule has 1 heterocycles. The first-order chi connectivity index (χ1) is 7.65. The van der Waals surface area contributed by atoms with Gasteiger partial charge in [-0.25, -0.2) is 0 Å². The molecule has 3 rings (SSSR count). The monoisotopic (exact) mass is 215 g/mol. The van der Waals surface area contributed by atoms with Gasteiger partial charge in [0.15, 0.2) is 0 Å². The summed E-state index contributed by atoms with van der Waals surface area (Å²) in [5.41, 5.74) is 8.71. The molecule has 2 N–H and O–H groups in total. The molecule has 0 aliphatic heterocycles. The van der Waals surface area contributed by atoms with Crippen LogP contribution < -0.4 is 5.73 Å². The zero-order chi connectivity index (χ0) is 11.3. The molecule has 0 radical (unpaired) electrons. The molecule has 0 spiro atoms. The Balaban J connectivity index is 2.27. The Bertz CT molecular complexity index is 535. The van der Waals surface area contributed by atoms with Crippen molar-refractivity contribution in [3.05, 3.63) is 30.0 Å².